The van der Waals surface area contributed by atoms with Crippen LogP contribution in [0.2, 0.25) is 17.7 Å². The van der Waals surface area contributed by atoms with Gasteiger partial charge in [0.1, 0.15) is 0 Å². The summed E-state index contributed by atoms with van der Waals surface area (Å²) in [5.74, 6) is 0. The third kappa shape index (κ3) is 8.04. The standard InChI is InChI=1S/4C3H7.ClH.O.2Sn/c4*1-3-2;;;;/h4*1,3H2,2H3;1H;;;/q;;;;;;;+1/p-1. The molecule has 97 valence electrons. The fraction of sp³-hybridized carbons (Fsp3) is 1.00. The van der Waals surface area contributed by atoms with Crippen molar-refractivity contribution in [3.63, 3.8) is 0 Å². The molecular weight excluding hydrogens is 433 g/mol. The van der Waals surface area contributed by atoms with Crippen molar-refractivity contribution in [2.75, 3.05) is 0 Å². The van der Waals surface area contributed by atoms with Crippen LogP contribution in [-0.4, -0.2) is 37.8 Å². The van der Waals surface area contributed by atoms with E-state index in [0.29, 0.717) is 0 Å². The van der Waals surface area contributed by atoms with Crippen LogP contribution in [0, 0.1) is 0 Å². The Hall–Kier alpha value is 1.85. The molecule has 0 rings (SSSR count). The van der Waals surface area contributed by atoms with Crippen molar-refractivity contribution in [2.45, 2.75) is 71.1 Å². The van der Waals surface area contributed by atoms with E-state index in [9.17, 15) is 0 Å². The van der Waals surface area contributed by atoms with Gasteiger partial charge in [-0.1, -0.05) is 0 Å². The van der Waals surface area contributed by atoms with Gasteiger partial charge in [-0.3, -0.25) is 0 Å². The molecule has 0 amide bonds. The van der Waals surface area contributed by atoms with E-state index in [2.05, 4.69) is 27.7 Å². The van der Waals surface area contributed by atoms with Gasteiger partial charge in [-0.15, -0.1) is 0 Å². The SMILES string of the molecule is CC[CH2][Sn]([CH2]CC)[O][Sn]([Cl])([CH2]CC)[CH2]CC. The van der Waals surface area contributed by atoms with E-state index >= 15 is 0 Å². The van der Waals surface area contributed by atoms with Crippen LogP contribution in [0.5, 0.6) is 0 Å². The van der Waals surface area contributed by atoms with Crippen molar-refractivity contribution >= 4 is 46.8 Å². The topological polar surface area (TPSA) is 9.23 Å². The van der Waals surface area contributed by atoms with E-state index in [1.807, 2.05) is 0 Å². The van der Waals surface area contributed by atoms with Crippen LogP contribution in [0.1, 0.15) is 53.4 Å². The summed E-state index contributed by atoms with van der Waals surface area (Å²) in [6, 6.07) is 0. The van der Waals surface area contributed by atoms with Crippen molar-refractivity contribution in [1.82, 2.24) is 0 Å². The Morgan fingerprint density at radius 3 is 1.62 bits per heavy atom. The first-order chi connectivity index (χ1) is 7.61. The molecule has 0 atom stereocenters. The van der Waals surface area contributed by atoms with Gasteiger partial charge in [-0.25, -0.2) is 0 Å². The zero-order valence-electron chi connectivity index (χ0n) is 11.4. The Bertz CT molecular complexity index is 155. The first-order valence-electron chi connectivity index (χ1n) is 6.84. The van der Waals surface area contributed by atoms with Crippen LogP contribution in [-0.2, 0) is 1.41 Å². The monoisotopic (exact) mass is 463 g/mol. The van der Waals surface area contributed by atoms with Crippen LogP contribution in [0.25, 0.3) is 0 Å². The molecule has 1 nitrogen and oxygen atoms in total. The van der Waals surface area contributed by atoms with E-state index in [1.54, 1.807) is 0 Å². The second-order valence-corrected chi connectivity index (χ2v) is 27.5. The summed E-state index contributed by atoms with van der Waals surface area (Å²) < 4.78 is 11.8. The van der Waals surface area contributed by atoms with Crippen molar-refractivity contribution in [3.05, 3.63) is 0 Å². The van der Waals surface area contributed by atoms with Crippen LogP contribution in [0.4, 0.5) is 0 Å². The van der Waals surface area contributed by atoms with E-state index in [0.717, 1.165) is 0 Å². The van der Waals surface area contributed by atoms with Gasteiger partial charge in [-0.05, 0) is 0 Å². The molecule has 4 heteroatoms. The molecule has 0 N–H and O–H groups in total. The molecule has 0 heterocycles. The molecule has 0 aromatic carbocycles. The molecule has 0 aromatic heterocycles. The summed E-state index contributed by atoms with van der Waals surface area (Å²) in [5, 5.41) is 0. The Morgan fingerprint density at radius 1 is 0.875 bits per heavy atom. The second-order valence-electron chi connectivity index (χ2n) is 4.52. The second kappa shape index (κ2) is 10.7. The maximum atomic E-state index is 6.84. The summed E-state index contributed by atoms with van der Waals surface area (Å²) in [7, 11) is 6.84. The van der Waals surface area contributed by atoms with E-state index in [4.69, 9.17) is 10.3 Å². The number of hydrogen-bond acceptors (Lipinski definition) is 1. The average Bonchev–Trinajstić information content (AvgIpc) is 2.18. The minimum absolute atomic E-state index is 1.22. The fourth-order valence-corrected chi connectivity index (χ4v) is 38.7. The summed E-state index contributed by atoms with van der Waals surface area (Å²) in [6.45, 7) is 9.06. The first kappa shape index (κ1) is 17.8. The summed E-state index contributed by atoms with van der Waals surface area (Å²) >= 11 is -4.15. The Morgan fingerprint density at radius 2 is 1.31 bits per heavy atom. The van der Waals surface area contributed by atoms with Gasteiger partial charge in [0.15, 0.2) is 0 Å². The van der Waals surface area contributed by atoms with E-state index in [1.165, 1.54) is 43.4 Å². The number of hydrogen-bond donors (Lipinski definition) is 0. The summed E-state index contributed by atoms with van der Waals surface area (Å²) in [4.78, 5) is 0. The number of halogens is 1. The van der Waals surface area contributed by atoms with Crippen molar-refractivity contribution in [3.8, 4) is 0 Å². The summed E-state index contributed by atoms with van der Waals surface area (Å²) in [6.07, 6.45) is 5.03. The molecule has 0 unspecified atom stereocenters. The first-order valence-corrected chi connectivity index (χ1v) is 20.9. The molecule has 0 saturated carbocycles. The quantitative estimate of drug-likeness (QED) is 0.401. The average molecular weight is 461 g/mol. The third-order valence-electron chi connectivity index (χ3n) is 2.63. The molecule has 0 aliphatic carbocycles. The molecule has 0 saturated heterocycles. The zero-order chi connectivity index (χ0) is 12.4. The van der Waals surface area contributed by atoms with Crippen LogP contribution in [0.3, 0.4) is 0 Å². The molecule has 16 heavy (non-hydrogen) atoms. The van der Waals surface area contributed by atoms with Crippen LogP contribution >= 0.6 is 8.92 Å². The van der Waals surface area contributed by atoms with Crippen molar-refractivity contribution < 1.29 is 1.41 Å². The maximum absolute atomic E-state index is 6.84. The molecular formula is C12H28ClOSn2. The van der Waals surface area contributed by atoms with Gasteiger partial charge in [-0.2, -0.15) is 0 Å². The Balaban J connectivity index is 4.30. The van der Waals surface area contributed by atoms with E-state index < -0.39 is 37.8 Å². The molecule has 0 aromatic rings. The molecule has 0 bridgehead atoms. The minimum atomic E-state index is -2.60. The molecule has 0 aliphatic heterocycles. The van der Waals surface area contributed by atoms with Gasteiger partial charge < -0.3 is 0 Å². The Kier molecular flexibility index (Phi) is 12.0. The summed E-state index contributed by atoms with van der Waals surface area (Å²) in [5.41, 5.74) is 0. The van der Waals surface area contributed by atoms with Crippen molar-refractivity contribution in [1.29, 1.82) is 0 Å². The van der Waals surface area contributed by atoms with Gasteiger partial charge in [0, 0.05) is 0 Å². The van der Waals surface area contributed by atoms with Crippen LogP contribution in [0.15, 0.2) is 0 Å². The molecule has 1 radical (unpaired) electrons. The van der Waals surface area contributed by atoms with Gasteiger partial charge >= 0.3 is 119 Å². The fourth-order valence-electron chi connectivity index (χ4n) is 2.02. The van der Waals surface area contributed by atoms with Gasteiger partial charge in [0.05, 0.1) is 0 Å². The number of rotatable bonds is 10. The normalized spacial score (nSPS) is 12.4. The predicted molar refractivity (Wildman–Crippen MR) is 78.8 cm³/mol. The molecule has 0 fully saturated rings. The van der Waals surface area contributed by atoms with E-state index in [-0.39, 0.29) is 0 Å². The predicted octanol–water partition coefficient (Wildman–Crippen LogP) is 5.32. The van der Waals surface area contributed by atoms with Crippen molar-refractivity contribution in [2.24, 2.45) is 0 Å². The Labute approximate surface area is 118 Å². The van der Waals surface area contributed by atoms with Gasteiger partial charge in [0.2, 0.25) is 0 Å². The third-order valence-corrected chi connectivity index (χ3v) is 36.2. The zero-order valence-corrected chi connectivity index (χ0v) is 17.9. The van der Waals surface area contributed by atoms with Crippen LogP contribution < -0.4 is 0 Å². The molecule has 0 spiro atoms. The molecule has 0 aliphatic rings. The van der Waals surface area contributed by atoms with Gasteiger partial charge in [0.25, 0.3) is 0 Å².